The predicted molar refractivity (Wildman–Crippen MR) is 99.3 cm³/mol. The van der Waals surface area contributed by atoms with Gasteiger partial charge in [-0.15, -0.1) is 11.3 Å². The predicted octanol–water partition coefficient (Wildman–Crippen LogP) is 5.01. The molecular formula is C17H19ClN2S2. The summed E-state index contributed by atoms with van der Waals surface area (Å²) in [4.78, 5) is 3.47. The summed E-state index contributed by atoms with van der Waals surface area (Å²) >= 11 is 10.0. The Hall–Kier alpha value is -0.910. The highest BCUT2D eigenvalue weighted by atomic mass is 35.5. The second kappa shape index (κ2) is 7.11. The molecule has 0 amide bonds. The van der Waals surface area contributed by atoms with Crippen LogP contribution in [0.1, 0.15) is 16.5 Å². The van der Waals surface area contributed by atoms with E-state index in [1.165, 1.54) is 15.1 Å². The molecule has 0 aliphatic heterocycles. The number of hydrogen-bond acceptors (Lipinski definition) is 4. The van der Waals surface area contributed by atoms with Crippen LogP contribution in [0.5, 0.6) is 0 Å². The molecule has 2 heterocycles. The van der Waals surface area contributed by atoms with Gasteiger partial charge in [-0.05, 0) is 42.6 Å². The molecule has 0 aliphatic carbocycles. The fraction of sp³-hybridized carbons (Fsp3) is 0.294. The summed E-state index contributed by atoms with van der Waals surface area (Å²) in [6, 6.07) is 10.9. The number of hydrogen-bond donors (Lipinski definition) is 1. The van der Waals surface area contributed by atoms with Crippen molar-refractivity contribution in [2.45, 2.75) is 12.6 Å². The Balaban J connectivity index is 1.67. The molecule has 0 fully saturated rings. The molecule has 0 spiro atoms. The normalized spacial score (nSPS) is 13.1. The van der Waals surface area contributed by atoms with Crippen LogP contribution in [0.4, 0.5) is 0 Å². The van der Waals surface area contributed by atoms with Gasteiger partial charge < -0.3 is 10.2 Å². The lowest BCUT2D eigenvalue weighted by atomic mass is 10.1. The van der Waals surface area contributed by atoms with Gasteiger partial charge in [-0.1, -0.05) is 29.8 Å². The minimum absolute atomic E-state index is 0.388. The van der Waals surface area contributed by atoms with Gasteiger partial charge in [0.05, 0.1) is 5.02 Å². The van der Waals surface area contributed by atoms with Gasteiger partial charge in [-0.25, -0.2) is 0 Å². The second-order valence-corrected chi connectivity index (χ2v) is 7.80. The lowest BCUT2D eigenvalue weighted by molar-refractivity contribution is 0.289. The summed E-state index contributed by atoms with van der Waals surface area (Å²) in [6.07, 6.45) is 0. The number of halogens is 1. The fourth-order valence-electron chi connectivity index (χ4n) is 2.56. The van der Waals surface area contributed by atoms with Gasteiger partial charge in [0.1, 0.15) is 0 Å². The molecule has 0 unspecified atom stereocenters. The van der Waals surface area contributed by atoms with Crippen molar-refractivity contribution in [3.63, 3.8) is 0 Å². The van der Waals surface area contributed by atoms with E-state index < -0.39 is 0 Å². The van der Waals surface area contributed by atoms with Gasteiger partial charge in [0.15, 0.2) is 0 Å². The van der Waals surface area contributed by atoms with Crippen molar-refractivity contribution in [2.24, 2.45) is 0 Å². The highest BCUT2D eigenvalue weighted by molar-refractivity contribution is 7.19. The molecule has 3 aromatic rings. The number of thiophene rings is 2. The zero-order valence-electron chi connectivity index (χ0n) is 12.7. The van der Waals surface area contributed by atoms with E-state index in [1.54, 1.807) is 22.7 Å². The van der Waals surface area contributed by atoms with Crippen LogP contribution in [0, 0.1) is 0 Å². The maximum absolute atomic E-state index is 6.50. The molecule has 116 valence electrons. The molecule has 2 nitrogen and oxygen atoms in total. The summed E-state index contributed by atoms with van der Waals surface area (Å²) in [5, 5.41) is 9.97. The average Bonchev–Trinajstić information content (AvgIpc) is 3.13. The summed E-state index contributed by atoms with van der Waals surface area (Å²) in [5.74, 6) is 0. The number of nitrogens with one attached hydrogen (secondary N) is 1. The van der Waals surface area contributed by atoms with Crippen LogP contribution >= 0.6 is 34.3 Å². The molecule has 0 bridgehead atoms. The standard InChI is InChI=1S/C17H19ClN2S2/c1-20(2)14(12-7-8-21-11-12)9-19-10-16-17(18)13-5-3-4-6-15(13)22-16/h3-8,11,14,19H,9-10H2,1-2H3/t14-/m0/s1. The van der Waals surface area contributed by atoms with Gasteiger partial charge in [-0.3, -0.25) is 0 Å². The van der Waals surface area contributed by atoms with Crippen LogP contribution in [0.3, 0.4) is 0 Å². The number of benzene rings is 1. The number of rotatable bonds is 6. The van der Waals surface area contributed by atoms with E-state index in [0.29, 0.717) is 6.04 Å². The molecule has 0 saturated heterocycles. The van der Waals surface area contributed by atoms with Crippen molar-refractivity contribution < 1.29 is 0 Å². The molecule has 2 aromatic heterocycles. The van der Waals surface area contributed by atoms with Crippen LogP contribution < -0.4 is 5.32 Å². The van der Waals surface area contributed by atoms with E-state index >= 15 is 0 Å². The first kappa shape index (κ1) is 16.0. The smallest absolute Gasteiger partial charge is 0.0636 e. The fourth-order valence-corrected chi connectivity index (χ4v) is 4.74. The van der Waals surface area contributed by atoms with Crippen LogP contribution in [-0.2, 0) is 6.54 Å². The van der Waals surface area contributed by atoms with E-state index in [1.807, 2.05) is 6.07 Å². The van der Waals surface area contributed by atoms with Crippen molar-refractivity contribution in [1.82, 2.24) is 10.2 Å². The van der Waals surface area contributed by atoms with E-state index in [4.69, 9.17) is 11.6 Å². The Bertz CT molecular complexity index is 734. The van der Waals surface area contributed by atoms with Gasteiger partial charge in [0, 0.05) is 34.1 Å². The molecule has 0 saturated carbocycles. The van der Waals surface area contributed by atoms with Crippen molar-refractivity contribution in [3.8, 4) is 0 Å². The zero-order valence-corrected chi connectivity index (χ0v) is 15.1. The van der Waals surface area contributed by atoms with Crippen LogP contribution in [0.2, 0.25) is 5.02 Å². The van der Waals surface area contributed by atoms with Crippen LogP contribution in [0.25, 0.3) is 10.1 Å². The lowest BCUT2D eigenvalue weighted by Gasteiger charge is -2.24. The Labute approximate surface area is 144 Å². The SMILES string of the molecule is CN(C)[C@@H](CNCc1sc2ccccc2c1Cl)c1ccsc1. The van der Waals surface area contributed by atoms with E-state index in [2.05, 4.69) is 59.3 Å². The molecule has 1 aromatic carbocycles. The van der Waals surface area contributed by atoms with E-state index in [9.17, 15) is 0 Å². The first-order valence-electron chi connectivity index (χ1n) is 7.22. The Morgan fingerprint density at radius 2 is 2.05 bits per heavy atom. The third-order valence-electron chi connectivity index (χ3n) is 3.78. The van der Waals surface area contributed by atoms with Crippen molar-refractivity contribution in [3.05, 3.63) is 56.6 Å². The number of fused-ring (bicyclic) bond motifs is 1. The van der Waals surface area contributed by atoms with Crippen LogP contribution in [-0.4, -0.2) is 25.5 Å². The zero-order chi connectivity index (χ0) is 15.5. The molecule has 3 rings (SSSR count). The minimum Gasteiger partial charge on any atom is -0.310 e. The molecule has 1 N–H and O–H groups in total. The maximum Gasteiger partial charge on any atom is 0.0636 e. The Morgan fingerprint density at radius 3 is 2.73 bits per heavy atom. The minimum atomic E-state index is 0.388. The molecule has 1 atom stereocenters. The van der Waals surface area contributed by atoms with Gasteiger partial charge in [-0.2, -0.15) is 11.3 Å². The molecule has 0 aliphatic rings. The lowest BCUT2D eigenvalue weighted by Crippen LogP contribution is -2.30. The molecule has 0 radical (unpaired) electrons. The van der Waals surface area contributed by atoms with Gasteiger partial charge in [0.2, 0.25) is 0 Å². The highest BCUT2D eigenvalue weighted by Gasteiger charge is 2.15. The summed E-state index contributed by atoms with van der Waals surface area (Å²) in [5.41, 5.74) is 1.37. The van der Waals surface area contributed by atoms with Crippen LogP contribution in [0.15, 0.2) is 41.1 Å². The second-order valence-electron chi connectivity index (χ2n) is 5.50. The van der Waals surface area contributed by atoms with Gasteiger partial charge >= 0.3 is 0 Å². The monoisotopic (exact) mass is 350 g/mol. The largest absolute Gasteiger partial charge is 0.310 e. The quantitative estimate of drug-likeness (QED) is 0.672. The Kier molecular flexibility index (Phi) is 5.16. The van der Waals surface area contributed by atoms with E-state index in [0.717, 1.165) is 23.5 Å². The maximum atomic E-state index is 6.50. The highest BCUT2D eigenvalue weighted by Crippen LogP contribution is 2.35. The van der Waals surface area contributed by atoms with Gasteiger partial charge in [0.25, 0.3) is 0 Å². The third kappa shape index (κ3) is 3.36. The van der Waals surface area contributed by atoms with Crippen molar-refractivity contribution >= 4 is 44.4 Å². The molecular weight excluding hydrogens is 332 g/mol. The average molecular weight is 351 g/mol. The molecule has 22 heavy (non-hydrogen) atoms. The molecule has 5 heteroatoms. The van der Waals surface area contributed by atoms with Crippen molar-refractivity contribution in [1.29, 1.82) is 0 Å². The topological polar surface area (TPSA) is 15.3 Å². The third-order valence-corrected chi connectivity index (χ3v) is 6.19. The Morgan fingerprint density at radius 1 is 1.23 bits per heavy atom. The van der Waals surface area contributed by atoms with E-state index in [-0.39, 0.29) is 0 Å². The summed E-state index contributed by atoms with van der Waals surface area (Å²) in [7, 11) is 4.24. The number of likely N-dealkylation sites (N-methyl/N-ethyl adjacent to an activating group) is 1. The number of nitrogens with zero attached hydrogens (tertiary/aromatic N) is 1. The first-order chi connectivity index (χ1) is 10.7. The van der Waals surface area contributed by atoms with Crippen molar-refractivity contribution in [2.75, 3.05) is 20.6 Å². The summed E-state index contributed by atoms with van der Waals surface area (Å²) in [6.45, 7) is 1.72. The summed E-state index contributed by atoms with van der Waals surface area (Å²) < 4.78 is 1.26. The first-order valence-corrected chi connectivity index (χ1v) is 9.35.